The molecule has 2 aromatic heterocycles. The van der Waals surface area contributed by atoms with Crippen LogP contribution in [-0.2, 0) is 4.79 Å². The summed E-state index contributed by atoms with van der Waals surface area (Å²) in [6.45, 7) is 3.83. The summed E-state index contributed by atoms with van der Waals surface area (Å²) in [6, 6.07) is 19.5. The highest BCUT2D eigenvalue weighted by molar-refractivity contribution is 7.99. The van der Waals surface area contributed by atoms with Gasteiger partial charge in [-0.15, -0.1) is 21.5 Å². The highest BCUT2D eigenvalue weighted by atomic mass is 32.2. The van der Waals surface area contributed by atoms with E-state index >= 15 is 0 Å². The van der Waals surface area contributed by atoms with Crippen molar-refractivity contribution in [2.24, 2.45) is 0 Å². The molecule has 29 heavy (non-hydrogen) atoms. The number of carbonyl (C=O) groups excluding carboxylic acids is 1. The van der Waals surface area contributed by atoms with Crippen molar-refractivity contribution < 1.29 is 4.79 Å². The van der Waals surface area contributed by atoms with Crippen molar-refractivity contribution in [1.82, 2.24) is 19.7 Å². The lowest BCUT2D eigenvalue weighted by Crippen LogP contribution is -2.27. The van der Waals surface area contributed by atoms with Gasteiger partial charge in [0.1, 0.15) is 5.82 Å². The number of hydrogen-bond donors (Lipinski definition) is 0. The van der Waals surface area contributed by atoms with Gasteiger partial charge in [0, 0.05) is 11.1 Å². The van der Waals surface area contributed by atoms with Crippen LogP contribution in [0.2, 0.25) is 0 Å². The van der Waals surface area contributed by atoms with Crippen molar-refractivity contribution in [2.45, 2.75) is 19.0 Å². The Morgan fingerprint density at radius 2 is 1.72 bits per heavy atom. The molecule has 0 atom stereocenters. The van der Waals surface area contributed by atoms with Crippen molar-refractivity contribution >= 4 is 39.8 Å². The second-order valence-electron chi connectivity index (χ2n) is 6.33. The van der Waals surface area contributed by atoms with Crippen LogP contribution in [0.15, 0.2) is 71.2 Å². The van der Waals surface area contributed by atoms with Gasteiger partial charge in [-0.25, -0.2) is 4.98 Å². The highest BCUT2D eigenvalue weighted by Crippen LogP contribution is 2.30. The number of nitrogens with zero attached hydrogens (tertiary/aromatic N) is 5. The molecule has 0 radical (unpaired) electrons. The maximum atomic E-state index is 13.2. The van der Waals surface area contributed by atoms with E-state index in [4.69, 9.17) is 0 Å². The molecule has 4 rings (SSSR count). The van der Waals surface area contributed by atoms with Crippen molar-refractivity contribution in [3.63, 3.8) is 0 Å². The molecule has 2 aromatic carbocycles. The molecular formula is C21H19N5OS2. The van der Waals surface area contributed by atoms with Gasteiger partial charge in [0.05, 0.1) is 17.1 Å². The van der Waals surface area contributed by atoms with Crippen LogP contribution in [0.25, 0.3) is 5.69 Å². The molecule has 0 aliphatic carbocycles. The number of rotatable bonds is 6. The average Bonchev–Trinajstić information content (AvgIpc) is 3.33. The van der Waals surface area contributed by atoms with Crippen LogP contribution in [0.1, 0.15) is 11.5 Å². The van der Waals surface area contributed by atoms with Crippen LogP contribution < -0.4 is 4.90 Å². The smallest absolute Gasteiger partial charge is 0.243 e. The summed E-state index contributed by atoms with van der Waals surface area (Å²) in [5.41, 5.74) is 2.67. The summed E-state index contributed by atoms with van der Waals surface area (Å²) in [4.78, 5) is 19.4. The van der Waals surface area contributed by atoms with Gasteiger partial charge < -0.3 is 0 Å². The number of carbonyl (C=O) groups is 1. The van der Waals surface area contributed by atoms with E-state index in [1.807, 2.05) is 84.5 Å². The summed E-state index contributed by atoms with van der Waals surface area (Å²) >= 11 is 2.83. The van der Waals surface area contributed by atoms with Gasteiger partial charge in [-0.1, -0.05) is 48.2 Å². The van der Waals surface area contributed by atoms with E-state index in [0.717, 1.165) is 22.9 Å². The highest BCUT2D eigenvalue weighted by Gasteiger charge is 2.22. The number of aryl methyl sites for hydroxylation is 2. The molecule has 0 aliphatic rings. The Kier molecular flexibility index (Phi) is 5.73. The Labute approximate surface area is 177 Å². The second kappa shape index (κ2) is 8.59. The summed E-state index contributed by atoms with van der Waals surface area (Å²) in [7, 11) is 0. The number of benzene rings is 2. The molecular weight excluding hydrogens is 402 g/mol. The fourth-order valence-electron chi connectivity index (χ4n) is 2.88. The normalized spacial score (nSPS) is 10.8. The molecule has 8 heteroatoms. The maximum Gasteiger partial charge on any atom is 0.243 e. The number of para-hydroxylation sites is 2. The Morgan fingerprint density at radius 1 is 1.03 bits per heavy atom. The van der Waals surface area contributed by atoms with Crippen molar-refractivity contribution in [3.8, 4) is 5.69 Å². The zero-order valence-corrected chi connectivity index (χ0v) is 17.7. The quantitative estimate of drug-likeness (QED) is 0.419. The van der Waals surface area contributed by atoms with E-state index < -0.39 is 0 Å². The van der Waals surface area contributed by atoms with Gasteiger partial charge >= 0.3 is 0 Å². The molecule has 0 aliphatic heterocycles. The van der Waals surface area contributed by atoms with E-state index in [1.54, 1.807) is 4.90 Å². The van der Waals surface area contributed by atoms with Crippen molar-refractivity contribution in [1.29, 1.82) is 0 Å². The van der Waals surface area contributed by atoms with Crippen LogP contribution >= 0.6 is 23.1 Å². The predicted octanol–water partition coefficient (Wildman–Crippen LogP) is 4.80. The lowest BCUT2D eigenvalue weighted by atomic mass is 10.3. The minimum Gasteiger partial charge on any atom is -0.274 e. The molecule has 0 saturated heterocycles. The largest absolute Gasteiger partial charge is 0.274 e. The summed E-state index contributed by atoms with van der Waals surface area (Å²) in [5.74, 6) is 0.941. The van der Waals surface area contributed by atoms with Crippen LogP contribution in [0, 0.1) is 13.8 Å². The SMILES string of the molecule is Cc1csc(N(C(=O)CSc2nnc(C)n2-c2ccccc2)c2ccccc2)n1. The predicted molar refractivity (Wildman–Crippen MR) is 117 cm³/mol. The Bertz CT molecular complexity index is 1110. The zero-order valence-electron chi connectivity index (χ0n) is 16.0. The minimum absolute atomic E-state index is 0.0594. The topological polar surface area (TPSA) is 63.9 Å². The Morgan fingerprint density at radius 3 is 2.38 bits per heavy atom. The maximum absolute atomic E-state index is 13.2. The monoisotopic (exact) mass is 421 g/mol. The molecule has 1 amide bonds. The first-order valence-electron chi connectivity index (χ1n) is 9.04. The molecule has 0 N–H and O–H groups in total. The van der Waals surface area contributed by atoms with Crippen molar-refractivity contribution in [3.05, 3.63) is 77.6 Å². The Balaban J connectivity index is 1.59. The number of anilines is 2. The van der Waals surface area contributed by atoms with Gasteiger partial charge in [0.2, 0.25) is 5.91 Å². The van der Waals surface area contributed by atoms with Crippen LogP contribution in [-0.4, -0.2) is 31.4 Å². The van der Waals surface area contributed by atoms with E-state index in [2.05, 4.69) is 15.2 Å². The third-order valence-corrected chi connectivity index (χ3v) is 6.05. The van der Waals surface area contributed by atoms with Gasteiger partial charge in [-0.2, -0.15) is 0 Å². The lowest BCUT2D eigenvalue weighted by molar-refractivity contribution is -0.115. The Hall–Kier alpha value is -2.97. The molecule has 0 saturated carbocycles. The third kappa shape index (κ3) is 4.23. The first-order chi connectivity index (χ1) is 14.1. The van der Waals surface area contributed by atoms with E-state index in [-0.39, 0.29) is 11.7 Å². The lowest BCUT2D eigenvalue weighted by Gasteiger charge is -2.19. The molecule has 6 nitrogen and oxygen atoms in total. The van der Waals surface area contributed by atoms with Gasteiger partial charge in [-0.3, -0.25) is 14.3 Å². The summed E-state index contributed by atoms with van der Waals surface area (Å²) < 4.78 is 1.96. The summed E-state index contributed by atoms with van der Waals surface area (Å²) in [6.07, 6.45) is 0. The third-order valence-electron chi connectivity index (χ3n) is 4.20. The fraction of sp³-hybridized carbons (Fsp3) is 0.143. The first-order valence-corrected chi connectivity index (χ1v) is 10.9. The summed E-state index contributed by atoms with van der Waals surface area (Å²) in [5, 5.41) is 11.8. The molecule has 4 aromatic rings. The number of thioether (sulfide) groups is 1. The van der Waals surface area contributed by atoms with Crippen LogP contribution in [0.3, 0.4) is 0 Å². The van der Waals surface area contributed by atoms with Gasteiger partial charge in [0.25, 0.3) is 0 Å². The molecule has 0 spiro atoms. The van der Waals surface area contributed by atoms with E-state index in [9.17, 15) is 4.79 Å². The second-order valence-corrected chi connectivity index (χ2v) is 8.10. The molecule has 0 bridgehead atoms. The number of thiazole rings is 1. The molecule has 2 heterocycles. The van der Waals surface area contributed by atoms with Crippen LogP contribution in [0.4, 0.5) is 10.8 Å². The fourth-order valence-corrected chi connectivity index (χ4v) is 4.57. The minimum atomic E-state index is -0.0594. The van der Waals surface area contributed by atoms with Gasteiger partial charge in [-0.05, 0) is 38.1 Å². The van der Waals surface area contributed by atoms with E-state index in [1.165, 1.54) is 23.1 Å². The number of amides is 1. The number of hydrogen-bond acceptors (Lipinski definition) is 6. The van der Waals surface area contributed by atoms with Crippen molar-refractivity contribution in [2.75, 3.05) is 10.7 Å². The van der Waals surface area contributed by atoms with Crippen LogP contribution in [0.5, 0.6) is 0 Å². The molecule has 146 valence electrons. The van der Waals surface area contributed by atoms with Gasteiger partial charge in [0.15, 0.2) is 10.3 Å². The number of aromatic nitrogens is 4. The first kappa shape index (κ1) is 19.4. The van der Waals surface area contributed by atoms with E-state index in [0.29, 0.717) is 10.3 Å². The molecule has 0 unspecified atom stereocenters. The molecule has 0 fully saturated rings. The zero-order chi connectivity index (χ0) is 20.2. The standard InChI is InChI=1S/C21H19N5OS2/c1-15-13-28-20(22-15)26(18-11-7-4-8-12-18)19(27)14-29-21-24-23-16(2)25(21)17-9-5-3-6-10-17/h3-13H,14H2,1-2H3. The average molecular weight is 422 g/mol.